The van der Waals surface area contributed by atoms with Gasteiger partial charge in [-0.1, -0.05) is 17.7 Å². The lowest BCUT2D eigenvalue weighted by atomic mass is 10.1. The van der Waals surface area contributed by atoms with Crippen molar-refractivity contribution in [3.05, 3.63) is 44.9 Å². The molecule has 1 amide bonds. The third kappa shape index (κ3) is 3.24. The van der Waals surface area contributed by atoms with Crippen LogP contribution in [0.2, 0.25) is 4.47 Å². The molecule has 6 heteroatoms. The van der Waals surface area contributed by atoms with Crippen LogP contribution in [0.5, 0.6) is 0 Å². The van der Waals surface area contributed by atoms with E-state index in [2.05, 4.69) is 15.6 Å². The van der Waals surface area contributed by atoms with Crippen molar-refractivity contribution in [3.8, 4) is 0 Å². The largest absolute Gasteiger partial charge is 0.380 e. The molecule has 0 spiro atoms. The fourth-order valence-corrected chi connectivity index (χ4v) is 2.67. The number of benzene rings is 1. The van der Waals surface area contributed by atoms with Gasteiger partial charge in [0.25, 0.3) is 5.91 Å². The van der Waals surface area contributed by atoms with E-state index in [0.717, 1.165) is 16.1 Å². The Kier molecular flexibility index (Phi) is 4.39. The van der Waals surface area contributed by atoms with Gasteiger partial charge in [-0.05, 0) is 24.6 Å². The number of anilines is 1. The molecular weight excluding hydrogens is 282 g/mol. The summed E-state index contributed by atoms with van der Waals surface area (Å²) in [6.45, 7) is 2.56. The summed E-state index contributed by atoms with van der Waals surface area (Å²) in [5.41, 5.74) is 2.54. The van der Waals surface area contributed by atoms with Crippen molar-refractivity contribution in [1.82, 2.24) is 10.3 Å². The molecule has 100 valence electrons. The van der Waals surface area contributed by atoms with Crippen LogP contribution in [0.4, 0.5) is 5.69 Å². The van der Waals surface area contributed by atoms with Gasteiger partial charge in [0.1, 0.15) is 0 Å². The number of carbonyl (C=O) groups excluding carboxylic acids is 1. The molecule has 0 aliphatic rings. The van der Waals surface area contributed by atoms with Gasteiger partial charge in [0.2, 0.25) is 0 Å². The minimum atomic E-state index is -0.0815. The summed E-state index contributed by atoms with van der Waals surface area (Å²) in [4.78, 5) is 16.7. The minimum absolute atomic E-state index is 0.0815. The van der Waals surface area contributed by atoms with Crippen LogP contribution < -0.4 is 10.6 Å². The van der Waals surface area contributed by atoms with Crippen molar-refractivity contribution in [3.63, 3.8) is 0 Å². The fraction of sp³-hybridized carbons (Fsp3) is 0.231. The Hall–Kier alpha value is -1.59. The first-order valence-electron chi connectivity index (χ1n) is 5.77. The van der Waals surface area contributed by atoms with Crippen LogP contribution in [0.25, 0.3) is 0 Å². The highest BCUT2D eigenvalue weighted by atomic mass is 35.5. The zero-order chi connectivity index (χ0) is 13.8. The minimum Gasteiger partial charge on any atom is -0.380 e. The fourth-order valence-electron chi connectivity index (χ4n) is 1.76. The van der Waals surface area contributed by atoms with Crippen LogP contribution in [-0.4, -0.2) is 17.9 Å². The SMILES string of the molecule is CNC(=O)c1cccc(NCc2cnc(Cl)s2)c1C. The maximum Gasteiger partial charge on any atom is 0.251 e. The molecule has 1 heterocycles. The summed E-state index contributed by atoms with van der Waals surface area (Å²) in [5, 5.41) is 5.93. The Balaban J connectivity index is 2.14. The summed E-state index contributed by atoms with van der Waals surface area (Å²) in [7, 11) is 1.63. The summed E-state index contributed by atoms with van der Waals surface area (Å²) < 4.78 is 0.535. The molecule has 19 heavy (non-hydrogen) atoms. The molecule has 0 bridgehead atoms. The third-order valence-corrected chi connectivity index (χ3v) is 3.90. The Morgan fingerprint density at radius 1 is 1.47 bits per heavy atom. The van der Waals surface area contributed by atoms with Crippen LogP contribution in [-0.2, 0) is 6.54 Å². The molecular formula is C13H14ClN3OS. The normalized spacial score (nSPS) is 10.3. The van der Waals surface area contributed by atoms with Crippen LogP contribution >= 0.6 is 22.9 Å². The van der Waals surface area contributed by atoms with Gasteiger partial charge in [0.05, 0.1) is 6.54 Å². The molecule has 0 aliphatic carbocycles. The molecule has 2 rings (SSSR count). The Bertz CT molecular complexity index is 597. The van der Waals surface area contributed by atoms with Crippen LogP contribution in [0.1, 0.15) is 20.8 Å². The van der Waals surface area contributed by atoms with Gasteiger partial charge in [-0.25, -0.2) is 4.98 Å². The predicted molar refractivity (Wildman–Crippen MR) is 79.0 cm³/mol. The first kappa shape index (κ1) is 13.8. The number of aromatic nitrogens is 1. The van der Waals surface area contributed by atoms with Crippen molar-refractivity contribution >= 4 is 34.5 Å². The lowest BCUT2D eigenvalue weighted by molar-refractivity contribution is 0.0962. The van der Waals surface area contributed by atoms with Gasteiger partial charge in [0.15, 0.2) is 4.47 Å². The zero-order valence-corrected chi connectivity index (χ0v) is 12.2. The molecule has 1 aromatic heterocycles. The molecule has 2 N–H and O–H groups in total. The number of nitrogens with zero attached hydrogens (tertiary/aromatic N) is 1. The van der Waals surface area contributed by atoms with Crippen LogP contribution in [0.15, 0.2) is 24.4 Å². The highest BCUT2D eigenvalue weighted by molar-refractivity contribution is 7.15. The number of nitrogens with one attached hydrogen (secondary N) is 2. The van der Waals surface area contributed by atoms with E-state index in [1.54, 1.807) is 13.2 Å². The number of hydrogen-bond acceptors (Lipinski definition) is 4. The second kappa shape index (κ2) is 6.04. The van der Waals surface area contributed by atoms with Crippen molar-refractivity contribution in [2.75, 3.05) is 12.4 Å². The maximum absolute atomic E-state index is 11.7. The lowest BCUT2D eigenvalue weighted by Gasteiger charge is -2.11. The quantitative estimate of drug-likeness (QED) is 0.911. The first-order valence-corrected chi connectivity index (χ1v) is 6.97. The maximum atomic E-state index is 11.7. The van der Waals surface area contributed by atoms with E-state index in [1.807, 2.05) is 25.1 Å². The van der Waals surface area contributed by atoms with Crippen molar-refractivity contribution in [1.29, 1.82) is 0 Å². The molecule has 2 aromatic rings. The number of carbonyl (C=O) groups is 1. The molecule has 0 radical (unpaired) electrons. The molecule has 0 aliphatic heterocycles. The average molecular weight is 296 g/mol. The monoisotopic (exact) mass is 295 g/mol. The van der Waals surface area contributed by atoms with Gasteiger partial charge < -0.3 is 10.6 Å². The lowest BCUT2D eigenvalue weighted by Crippen LogP contribution is -2.19. The van der Waals surface area contributed by atoms with E-state index in [4.69, 9.17) is 11.6 Å². The van der Waals surface area contributed by atoms with Gasteiger partial charge >= 0.3 is 0 Å². The average Bonchev–Trinajstić information content (AvgIpc) is 2.82. The number of hydrogen-bond donors (Lipinski definition) is 2. The van der Waals surface area contributed by atoms with Gasteiger partial charge in [0, 0.05) is 29.4 Å². The van der Waals surface area contributed by atoms with Gasteiger partial charge in [-0.15, -0.1) is 11.3 Å². The van der Waals surface area contributed by atoms with Crippen LogP contribution in [0, 0.1) is 6.92 Å². The van der Waals surface area contributed by atoms with E-state index >= 15 is 0 Å². The molecule has 0 saturated carbocycles. The summed E-state index contributed by atoms with van der Waals surface area (Å²) in [5.74, 6) is -0.0815. The van der Waals surface area contributed by atoms with Crippen molar-refractivity contribution in [2.45, 2.75) is 13.5 Å². The Labute approximate surface area is 120 Å². The molecule has 0 unspecified atom stereocenters. The second-order valence-corrected chi connectivity index (χ2v) is 5.69. The molecule has 0 saturated heterocycles. The van der Waals surface area contributed by atoms with Crippen molar-refractivity contribution in [2.24, 2.45) is 0 Å². The van der Waals surface area contributed by atoms with E-state index in [9.17, 15) is 4.79 Å². The highest BCUT2D eigenvalue weighted by Crippen LogP contribution is 2.22. The van der Waals surface area contributed by atoms with E-state index in [1.165, 1.54) is 11.3 Å². The highest BCUT2D eigenvalue weighted by Gasteiger charge is 2.10. The standard InChI is InChI=1S/C13H14ClN3OS/c1-8-10(12(18)15-2)4-3-5-11(8)16-6-9-7-17-13(14)19-9/h3-5,7,16H,6H2,1-2H3,(H,15,18). The molecule has 4 nitrogen and oxygen atoms in total. The first-order chi connectivity index (χ1) is 9.11. The zero-order valence-electron chi connectivity index (χ0n) is 10.7. The Morgan fingerprint density at radius 3 is 2.89 bits per heavy atom. The van der Waals surface area contributed by atoms with Crippen molar-refractivity contribution < 1.29 is 4.79 Å². The molecule has 1 aromatic carbocycles. The Morgan fingerprint density at radius 2 is 2.26 bits per heavy atom. The van der Waals surface area contributed by atoms with Gasteiger partial charge in [-0.3, -0.25) is 4.79 Å². The second-order valence-electron chi connectivity index (χ2n) is 3.99. The summed E-state index contributed by atoms with van der Waals surface area (Å²) in [6.07, 6.45) is 1.75. The van der Waals surface area contributed by atoms with Crippen LogP contribution in [0.3, 0.4) is 0 Å². The van der Waals surface area contributed by atoms with E-state index < -0.39 is 0 Å². The van der Waals surface area contributed by atoms with E-state index in [-0.39, 0.29) is 5.91 Å². The number of halogens is 1. The topological polar surface area (TPSA) is 54.0 Å². The molecule has 0 fully saturated rings. The summed E-state index contributed by atoms with van der Waals surface area (Å²) in [6, 6.07) is 5.62. The summed E-state index contributed by atoms with van der Waals surface area (Å²) >= 11 is 7.23. The number of thiazole rings is 1. The van der Waals surface area contributed by atoms with E-state index in [0.29, 0.717) is 16.6 Å². The predicted octanol–water partition coefficient (Wildman–Crippen LogP) is 3.08. The number of amides is 1. The molecule has 0 atom stereocenters. The number of rotatable bonds is 4. The van der Waals surface area contributed by atoms with Gasteiger partial charge in [-0.2, -0.15) is 0 Å². The smallest absolute Gasteiger partial charge is 0.251 e. The third-order valence-electron chi connectivity index (χ3n) is 2.78.